The van der Waals surface area contributed by atoms with E-state index in [4.69, 9.17) is 9.72 Å². The molecule has 0 saturated carbocycles. The third-order valence-electron chi connectivity index (χ3n) is 13.7. The maximum Gasteiger partial charge on any atom is 0.244 e. The second-order valence-electron chi connectivity index (χ2n) is 18.5. The molecule has 65 heavy (non-hydrogen) atoms. The van der Waals surface area contributed by atoms with Crippen LogP contribution in [0.25, 0.3) is 93.7 Å². The van der Waals surface area contributed by atoms with E-state index >= 15 is 0 Å². The first-order valence-corrected chi connectivity index (χ1v) is 22.1. The molecule has 0 fully saturated rings. The maximum atomic E-state index is 6.61. The van der Waals surface area contributed by atoms with E-state index in [0.29, 0.717) is 11.5 Å². The van der Waals surface area contributed by atoms with E-state index in [0.717, 1.165) is 38.8 Å². The van der Waals surface area contributed by atoms with Crippen molar-refractivity contribution in [1.82, 2.24) is 9.55 Å². The van der Waals surface area contributed by atoms with Crippen LogP contribution in [-0.4, -0.2) is 16.3 Å². The number of hydrogen-bond donors (Lipinski definition) is 0. The molecule has 0 N–H and O–H groups in total. The first kappa shape index (κ1) is 39.6. The van der Waals surface area contributed by atoms with Gasteiger partial charge in [-0.05, 0) is 96.1 Å². The molecule has 4 heterocycles. The number of nitrogens with zero attached hydrogens (tertiary/aromatic N) is 2. The summed E-state index contributed by atoms with van der Waals surface area (Å²) in [6.45, 7) is 9.04. The number of ether oxygens (including phenoxy) is 1. The van der Waals surface area contributed by atoms with Gasteiger partial charge >= 0.3 is 0 Å². The van der Waals surface area contributed by atoms with E-state index in [1.54, 1.807) is 0 Å². The molecule has 0 saturated heterocycles. The van der Waals surface area contributed by atoms with Gasteiger partial charge in [-0.15, -0.1) is 40.8 Å². The monoisotopic (exact) mass is 1010 g/mol. The van der Waals surface area contributed by atoms with Crippen molar-refractivity contribution in [3.8, 4) is 61.8 Å². The predicted molar refractivity (Wildman–Crippen MR) is 266 cm³/mol. The largest absolute Gasteiger partial charge is 0.504 e. The Bertz CT molecular complexity index is 3660. The summed E-state index contributed by atoms with van der Waals surface area (Å²) in [5, 5.41) is 7.53. The Morgan fingerprint density at radius 2 is 1.25 bits per heavy atom. The third-order valence-corrected chi connectivity index (χ3v) is 13.7. The second-order valence-corrected chi connectivity index (χ2v) is 18.5. The molecule has 0 radical (unpaired) electrons. The van der Waals surface area contributed by atoms with Crippen molar-refractivity contribution in [2.24, 2.45) is 0 Å². The molecule has 0 aliphatic carbocycles. The molecule has 0 amide bonds. The van der Waals surface area contributed by atoms with Gasteiger partial charge in [0.05, 0.1) is 0 Å². The molecular weight excluding hydrogens is 971 g/mol. The van der Waals surface area contributed by atoms with Crippen molar-refractivity contribution in [1.29, 1.82) is 0 Å². The summed E-state index contributed by atoms with van der Waals surface area (Å²) >= 11 is 0. The van der Waals surface area contributed by atoms with Gasteiger partial charge < -0.3 is 9.30 Å². The molecule has 3 nitrogen and oxygen atoms in total. The quantitative estimate of drug-likeness (QED) is 0.127. The molecule has 312 valence electrons. The minimum atomic E-state index is -0.0187. The fraction of sp³-hybridized carbons (Fsp3) is 0.0833. The van der Waals surface area contributed by atoms with Crippen LogP contribution in [0.2, 0.25) is 0 Å². The van der Waals surface area contributed by atoms with Crippen LogP contribution in [-0.2, 0) is 26.5 Å². The molecule has 2 aromatic heterocycles. The van der Waals surface area contributed by atoms with Gasteiger partial charge in [0.25, 0.3) is 0 Å². The third kappa shape index (κ3) is 6.11. The molecule has 0 atom stereocenters. The van der Waals surface area contributed by atoms with Crippen molar-refractivity contribution >= 4 is 66.5 Å². The summed E-state index contributed by atoms with van der Waals surface area (Å²) in [4.78, 5) is 4.85. The Morgan fingerprint density at radius 3 is 1.95 bits per heavy atom. The van der Waals surface area contributed by atoms with E-state index in [1.165, 1.54) is 82.4 Å². The van der Waals surface area contributed by atoms with Gasteiger partial charge in [0.1, 0.15) is 5.82 Å². The zero-order valence-electron chi connectivity index (χ0n) is 36.4. The van der Waals surface area contributed by atoms with Gasteiger partial charge in [-0.2, -0.15) is 36.4 Å². The molecular formula is C60H40BN2OPt-3. The van der Waals surface area contributed by atoms with Gasteiger partial charge in [-0.25, -0.2) is 16.1 Å². The average molecular weight is 1010 g/mol. The number of hydrogen-bond acceptors (Lipinski definition) is 2. The zero-order chi connectivity index (χ0) is 42.8. The van der Waals surface area contributed by atoms with Gasteiger partial charge in [0.2, 0.25) is 6.71 Å². The Labute approximate surface area is 393 Å². The van der Waals surface area contributed by atoms with Crippen molar-refractivity contribution in [3.63, 3.8) is 0 Å². The average Bonchev–Trinajstić information content (AvgIpc) is 3.65. The number of pyridine rings is 1. The second kappa shape index (κ2) is 14.8. The molecule has 9 aromatic carbocycles. The summed E-state index contributed by atoms with van der Waals surface area (Å²) in [7, 11) is 0. The first-order chi connectivity index (χ1) is 31.3. The van der Waals surface area contributed by atoms with Crippen LogP contribution < -0.4 is 21.1 Å². The molecule has 5 heteroatoms. The Hall–Kier alpha value is -7.00. The topological polar surface area (TPSA) is 27.1 Å². The zero-order valence-corrected chi connectivity index (χ0v) is 38.6. The fourth-order valence-corrected chi connectivity index (χ4v) is 10.7. The molecule has 0 unspecified atom stereocenters. The standard InChI is InChI=1S/C60H40BN2O.Pt/c1-36-24-25-40(39-16-7-17-43(30-39)64-44-26-27-46-45-18-5-6-23-54(45)63(55(46)35-44)56-34-42(28-29-62-56)60(2,3)4)31-49(36)41-32-50-47-19-8-12-37-14-10-21-52(57(37)47)61-53-22-11-15-38-13-9-20-48(58(38)53)51(33-41)59(50)61;/h5-24,26-29,31-34H,1-4H3;/q-3;. The minimum Gasteiger partial charge on any atom is -0.504 e. The Balaban J connectivity index is 0.00000444. The first-order valence-electron chi connectivity index (χ1n) is 22.1. The van der Waals surface area contributed by atoms with Gasteiger partial charge in [0.15, 0.2) is 0 Å². The smallest absolute Gasteiger partial charge is 0.244 e. The molecule has 2 aliphatic heterocycles. The normalized spacial score (nSPS) is 12.5. The van der Waals surface area contributed by atoms with Crippen LogP contribution in [0.4, 0.5) is 0 Å². The fourth-order valence-electron chi connectivity index (χ4n) is 10.7. The van der Waals surface area contributed by atoms with Gasteiger partial charge in [-0.3, -0.25) is 0 Å². The van der Waals surface area contributed by atoms with Crippen LogP contribution in [0.5, 0.6) is 11.5 Å². The molecule has 0 bridgehead atoms. The van der Waals surface area contributed by atoms with E-state index in [9.17, 15) is 0 Å². The van der Waals surface area contributed by atoms with E-state index in [1.807, 2.05) is 24.4 Å². The summed E-state index contributed by atoms with van der Waals surface area (Å²) in [5.41, 5.74) is 18.0. The van der Waals surface area contributed by atoms with E-state index < -0.39 is 0 Å². The number of aromatic nitrogens is 2. The van der Waals surface area contributed by atoms with Crippen LogP contribution in [0.3, 0.4) is 0 Å². The summed E-state index contributed by atoms with van der Waals surface area (Å²) in [5.74, 6) is 2.08. The predicted octanol–water partition coefficient (Wildman–Crippen LogP) is 13.1. The maximum absolute atomic E-state index is 6.61. The summed E-state index contributed by atoms with van der Waals surface area (Å²) in [6.07, 6.45) is 1.90. The molecule has 0 spiro atoms. The van der Waals surface area contributed by atoms with Crippen LogP contribution in [0.15, 0.2) is 170 Å². The summed E-state index contributed by atoms with van der Waals surface area (Å²) < 4.78 is 8.81. The number of fused-ring (bicyclic) bond motifs is 7. The Kier molecular flexibility index (Phi) is 9.00. The molecule has 2 aliphatic rings. The molecule has 13 rings (SSSR count). The molecule has 11 aromatic rings. The number of benzene rings is 9. The van der Waals surface area contributed by atoms with Crippen LogP contribution >= 0.6 is 0 Å². The van der Waals surface area contributed by atoms with Crippen molar-refractivity contribution in [2.75, 3.05) is 0 Å². The van der Waals surface area contributed by atoms with Crippen LogP contribution in [0, 0.1) is 25.1 Å². The van der Waals surface area contributed by atoms with Crippen LogP contribution in [0.1, 0.15) is 31.9 Å². The number of para-hydroxylation sites is 1. The summed E-state index contributed by atoms with van der Waals surface area (Å²) in [6, 6.07) is 70.3. The minimum absolute atomic E-state index is 0. The van der Waals surface area contributed by atoms with Crippen molar-refractivity contribution < 1.29 is 25.8 Å². The number of rotatable bonds is 5. The number of aryl methyl sites for hydroxylation is 1. The van der Waals surface area contributed by atoms with Gasteiger partial charge in [-0.1, -0.05) is 141 Å². The SMILES string of the molecule is Cc1c[c-]c(-c2[c-]c(Oc3[c-]c4c(cc3)c3ccccc3n4-c3cc(C(C)(C)C)ccn3)ccc2)cc1-c1cc2c3c(c1)-c1cccc4cccc(c14)B3c1cccc3cccc-2c13.[Pt]. The van der Waals surface area contributed by atoms with E-state index in [-0.39, 0.29) is 33.2 Å². The van der Waals surface area contributed by atoms with Gasteiger partial charge in [0, 0.05) is 44.3 Å². The Morgan fingerprint density at radius 1 is 0.585 bits per heavy atom. The van der Waals surface area contributed by atoms with Crippen molar-refractivity contribution in [3.05, 3.63) is 199 Å². The van der Waals surface area contributed by atoms with Crippen molar-refractivity contribution in [2.45, 2.75) is 33.1 Å². The van der Waals surface area contributed by atoms with E-state index in [2.05, 4.69) is 196 Å².